The third-order valence-corrected chi connectivity index (χ3v) is 13.9. The third-order valence-electron chi connectivity index (χ3n) is 8.11. The number of aromatic hydroxyl groups is 4. The molecule has 3 radical (unpaired) electrons. The van der Waals surface area contributed by atoms with E-state index in [4.69, 9.17) is 4.74 Å². The molecule has 0 saturated carbocycles. The number of ether oxygens (including phenoxy) is 1. The van der Waals surface area contributed by atoms with E-state index < -0.39 is 0 Å². The maximum Gasteiger partial charge on any atom is 0.127 e. The van der Waals surface area contributed by atoms with Gasteiger partial charge in [0.1, 0.15) is 23.0 Å². The summed E-state index contributed by atoms with van der Waals surface area (Å²) >= 11 is 3.33. The number of thioether (sulfide) groups is 2. The van der Waals surface area contributed by atoms with E-state index in [0.717, 1.165) is 47.0 Å². The Bertz CT molecular complexity index is 1180. The quantitative estimate of drug-likeness (QED) is 0.148. The van der Waals surface area contributed by atoms with Crippen molar-refractivity contribution in [3.05, 3.63) is 50.2 Å². The van der Waals surface area contributed by atoms with Crippen LogP contribution in [0.5, 0.6) is 23.0 Å². The zero-order valence-corrected chi connectivity index (χ0v) is 40.3. The zero-order chi connectivity index (χ0) is 38.8. The van der Waals surface area contributed by atoms with Crippen LogP contribution in [0.2, 0.25) is 26.2 Å². The second-order valence-electron chi connectivity index (χ2n) is 17.7. The summed E-state index contributed by atoms with van der Waals surface area (Å²) in [5.74, 6) is 3.38. The van der Waals surface area contributed by atoms with Crippen molar-refractivity contribution in [3.63, 3.8) is 0 Å². The summed E-state index contributed by atoms with van der Waals surface area (Å²) in [5.41, 5.74) is 3.62. The average Bonchev–Trinajstić information content (AvgIpc) is 3.51. The van der Waals surface area contributed by atoms with Gasteiger partial charge in [0, 0.05) is 95.4 Å². The molecule has 4 N–H and O–H groups in total. The predicted molar refractivity (Wildman–Crippen MR) is 225 cm³/mol. The molecule has 1 aliphatic heterocycles. The molecule has 1 saturated heterocycles. The Morgan fingerprint density at radius 1 is 0.549 bits per heavy atom. The first-order chi connectivity index (χ1) is 22.7. The summed E-state index contributed by atoms with van der Waals surface area (Å²) in [4.78, 5) is 0. The molecule has 6 nitrogen and oxygen atoms in total. The second kappa shape index (κ2) is 21.6. The fraction of sp³-hybridized carbons (Fsp3) is 0.700. The smallest absolute Gasteiger partial charge is 0.127 e. The Balaban J connectivity index is 0.00000162. The van der Waals surface area contributed by atoms with Crippen molar-refractivity contribution in [1.29, 1.82) is 0 Å². The maximum atomic E-state index is 11.1. The van der Waals surface area contributed by atoms with Gasteiger partial charge in [-0.2, -0.15) is 23.5 Å². The van der Waals surface area contributed by atoms with E-state index in [1.165, 1.54) is 12.8 Å². The number of phenolic OH excluding ortho intramolecular Hbond substituents is 4. The van der Waals surface area contributed by atoms with E-state index >= 15 is 0 Å². The summed E-state index contributed by atoms with van der Waals surface area (Å²) in [6.07, 6.45) is 2.56. The minimum atomic E-state index is -0.264. The normalized spacial score (nSPS) is 13.8. The first kappa shape index (κ1) is 50.6. The Morgan fingerprint density at radius 3 is 0.961 bits per heavy atom. The molecule has 0 unspecified atom stereocenters. The molecule has 0 spiro atoms. The number of nitrogens with zero attached hydrogens (tertiary/aromatic N) is 1. The van der Waals surface area contributed by atoms with Gasteiger partial charge < -0.3 is 29.8 Å². The van der Waals surface area contributed by atoms with E-state index in [2.05, 4.69) is 114 Å². The maximum absolute atomic E-state index is 11.1. The minimum absolute atomic E-state index is 0. The van der Waals surface area contributed by atoms with Gasteiger partial charge in [-0.15, -0.1) is 0 Å². The van der Waals surface area contributed by atoms with Gasteiger partial charge in [0.25, 0.3) is 0 Å². The second-order valence-corrected chi connectivity index (χ2v) is 24.6. The van der Waals surface area contributed by atoms with E-state index in [1.54, 1.807) is 23.5 Å². The van der Waals surface area contributed by atoms with Crippen molar-refractivity contribution in [2.24, 2.45) is 0 Å². The topological polar surface area (TPSA) is 104 Å². The molecule has 0 aliphatic carbocycles. The number of phenols is 4. The molecular formula is C40H70NO5S2ScSi2-. The van der Waals surface area contributed by atoms with Gasteiger partial charge in [0.15, 0.2) is 0 Å². The van der Waals surface area contributed by atoms with E-state index in [1.807, 2.05) is 12.1 Å². The van der Waals surface area contributed by atoms with Crippen LogP contribution in [0, 0.1) is 0 Å². The molecule has 51 heavy (non-hydrogen) atoms. The Hall–Kier alpha value is -0.436. The number of rotatable bonds is 9. The van der Waals surface area contributed by atoms with E-state index in [0.29, 0.717) is 22.6 Å². The van der Waals surface area contributed by atoms with Crippen LogP contribution in [-0.4, -0.2) is 63.1 Å². The molecule has 2 aromatic carbocycles. The van der Waals surface area contributed by atoms with Crippen LogP contribution in [0.4, 0.5) is 0 Å². The van der Waals surface area contributed by atoms with Crippen LogP contribution < -0.4 is 0 Å². The predicted octanol–water partition coefficient (Wildman–Crippen LogP) is 11.5. The zero-order valence-electron chi connectivity index (χ0n) is 34.8. The van der Waals surface area contributed by atoms with Crippen molar-refractivity contribution in [1.82, 2.24) is 0 Å². The van der Waals surface area contributed by atoms with Gasteiger partial charge in [-0.05, 0) is 46.6 Å². The third kappa shape index (κ3) is 16.9. The molecule has 0 bridgehead atoms. The molecule has 1 heterocycles. The largest absolute Gasteiger partial charge is 0.673 e. The van der Waals surface area contributed by atoms with Gasteiger partial charge in [-0.1, -0.05) is 127 Å². The summed E-state index contributed by atoms with van der Waals surface area (Å²) in [7, 11) is -0.528. The molecular weight excluding hydrogens is 740 g/mol. The molecule has 11 heteroatoms. The van der Waals surface area contributed by atoms with Gasteiger partial charge in [-0.25, -0.2) is 0 Å². The van der Waals surface area contributed by atoms with Crippen molar-refractivity contribution < 1.29 is 51.0 Å². The van der Waals surface area contributed by atoms with Crippen LogP contribution in [0.3, 0.4) is 0 Å². The molecule has 1 fully saturated rings. The van der Waals surface area contributed by atoms with Gasteiger partial charge >= 0.3 is 0 Å². The standard InChI is InChI=1S/C32H50O4S2.C4H12NSi2.C4H8O.Sc/c1-29(2,3)21-15-22(30(4,5)6)26(34)19(25(21)33)17-37-13-14-38-18-20-27(35)23(31(7,8)9)16-24(28(20)36)32(10,11)12;1-6(2)5-7(3)4;1-2-4-5-3-1;/h15-16,33-36H,13-14,17-18H2,1-12H3;1-4H3;1-4H2;/q;-1;;. The van der Waals surface area contributed by atoms with Crippen molar-refractivity contribution in [3.8, 4) is 23.0 Å². The summed E-state index contributed by atoms with van der Waals surface area (Å²) in [6, 6.07) is 3.90. The number of hydrogen-bond donors (Lipinski definition) is 4. The minimum Gasteiger partial charge on any atom is -0.673 e. The van der Waals surface area contributed by atoms with Crippen LogP contribution in [-0.2, 0) is 63.7 Å². The Labute approximate surface area is 343 Å². The number of hydrogen-bond acceptors (Lipinski definition) is 7. The fourth-order valence-corrected chi connectivity index (χ4v) is 11.2. The molecule has 289 valence electrons. The van der Waals surface area contributed by atoms with E-state index in [-0.39, 0.29) is 88.4 Å². The van der Waals surface area contributed by atoms with E-state index in [9.17, 15) is 20.4 Å². The van der Waals surface area contributed by atoms with Crippen LogP contribution in [0.25, 0.3) is 4.65 Å². The monoisotopic (exact) mass is 809 g/mol. The summed E-state index contributed by atoms with van der Waals surface area (Å²) in [5, 5.41) is 44.2. The summed E-state index contributed by atoms with van der Waals surface area (Å²) in [6.45, 7) is 35.8. The average molecular weight is 810 g/mol. The first-order valence-corrected chi connectivity index (χ1v) is 25.1. The SMILES string of the molecule is C1CCOC1.CC(C)(C)c1cc(C(C)(C)C)c(O)c(CSCCSCc2c(O)c(C(C)(C)C)cc(C(C)(C)C)c2O)c1O.C[Si](C)[N-][Si](C)C.[Sc]. The molecule has 0 atom stereocenters. The first-order valence-electron chi connectivity index (χ1n) is 17.9. The molecule has 0 amide bonds. The Kier molecular flexibility index (Phi) is 21.4. The van der Waals surface area contributed by atoms with Crippen molar-refractivity contribution >= 4 is 41.4 Å². The van der Waals surface area contributed by atoms with Crippen molar-refractivity contribution in [2.75, 3.05) is 24.7 Å². The van der Waals surface area contributed by atoms with Gasteiger partial charge in [0.2, 0.25) is 0 Å². The van der Waals surface area contributed by atoms with Gasteiger partial charge in [0.05, 0.1) is 0 Å². The molecule has 2 aromatic rings. The molecule has 1 aliphatic rings. The van der Waals surface area contributed by atoms with Crippen LogP contribution >= 0.6 is 23.5 Å². The van der Waals surface area contributed by atoms with Crippen LogP contribution in [0.15, 0.2) is 12.1 Å². The number of benzene rings is 2. The molecule has 0 aromatic heterocycles. The molecule has 3 rings (SSSR count). The van der Waals surface area contributed by atoms with Crippen molar-refractivity contribution in [2.45, 2.75) is 155 Å². The summed E-state index contributed by atoms with van der Waals surface area (Å²) < 4.78 is 9.43. The van der Waals surface area contributed by atoms with Crippen LogP contribution in [0.1, 0.15) is 129 Å². The van der Waals surface area contributed by atoms with Gasteiger partial charge in [-0.3, -0.25) is 0 Å². The Morgan fingerprint density at radius 2 is 0.804 bits per heavy atom. The fourth-order valence-electron chi connectivity index (χ4n) is 5.42.